The lowest BCUT2D eigenvalue weighted by Crippen LogP contribution is -2.49. The molecule has 16 heavy (non-hydrogen) atoms. The minimum Gasteiger partial charge on any atom is -0.379 e. The van der Waals surface area contributed by atoms with Crippen LogP contribution in [0.4, 0.5) is 0 Å². The highest BCUT2D eigenvalue weighted by Gasteiger charge is 2.32. The van der Waals surface area contributed by atoms with Gasteiger partial charge in [0.15, 0.2) is 0 Å². The van der Waals surface area contributed by atoms with Crippen molar-refractivity contribution in [1.29, 1.82) is 0 Å². The van der Waals surface area contributed by atoms with Gasteiger partial charge in [-0.2, -0.15) is 0 Å². The first-order chi connectivity index (χ1) is 7.60. The summed E-state index contributed by atoms with van der Waals surface area (Å²) >= 11 is 0. The average Bonchev–Trinajstić information content (AvgIpc) is 2.30. The summed E-state index contributed by atoms with van der Waals surface area (Å²) in [5.74, 6) is 0. The Morgan fingerprint density at radius 2 is 2.00 bits per heavy atom. The molecular formula is C13H19NO2. The average molecular weight is 221 g/mol. The Kier molecular flexibility index (Phi) is 3.28. The van der Waals surface area contributed by atoms with Gasteiger partial charge in [-0.15, -0.1) is 0 Å². The monoisotopic (exact) mass is 221 g/mol. The van der Waals surface area contributed by atoms with Crippen molar-refractivity contribution in [2.24, 2.45) is 0 Å². The molecule has 3 heteroatoms. The first-order valence-corrected chi connectivity index (χ1v) is 5.73. The lowest BCUT2D eigenvalue weighted by molar-refractivity contribution is -0.135. The molecule has 1 aromatic rings. The Labute approximate surface area is 96.6 Å². The van der Waals surface area contributed by atoms with Gasteiger partial charge in [0.1, 0.15) is 5.72 Å². The molecule has 2 rings (SSSR count). The number of aliphatic hydroxyl groups is 1. The maximum Gasteiger partial charge on any atom is 0.141 e. The van der Waals surface area contributed by atoms with Gasteiger partial charge in [0, 0.05) is 13.1 Å². The van der Waals surface area contributed by atoms with Crippen molar-refractivity contribution in [3.05, 3.63) is 35.4 Å². The molecule has 0 bridgehead atoms. The summed E-state index contributed by atoms with van der Waals surface area (Å²) in [7, 11) is 0. The first-order valence-electron chi connectivity index (χ1n) is 5.73. The fraction of sp³-hybridized carbons (Fsp3) is 0.538. The van der Waals surface area contributed by atoms with Crippen molar-refractivity contribution in [3.8, 4) is 0 Å². The Morgan fingerprint density at radius 3 is 2.62 bits per heavy atom. The number of hydrogen-bond donors (Lipinski definition) is 1. The number of benzene rings is 1. The molecule has 1 heterocycles. The maximum absolute atomic E-state index is 10.6. The summed E-state index contributed by atoms with van der Waals surface area (Å²) in [5.41, 5.74) is 1.23. The predicted octanol–water partition coefficient (Wildman–Crippen LogP) is 1.49. The quantitative estimate of drug-likeness (QED) is 0.821. The number of rotatable bonds is 2. The first kappa shape index (κ1) is 11.6. The van der Waals surface area contributed by atoms with E-state index in [0.29, 0.717) is 13.2 Å². The maximum atomic E-state index is 10.6. The minimum atomic E-state index is -0.893. The van der Waals surface area contributed by atoms with Gasteiger partial charge in [-0.1, -0.05) is 29.8 Å². The number of morpholine rings is 1. The molecule has 1 aliphatic heterocycles. The van der Waals surface area contributed by atoms with Crippen molar-refractivity contribution in [3.63, 3.8) is 0 Å². The summed E-state index contributed by atoms with van der Waals surface area (Å²) in [6.07, 6.45) is 0. The molecule has 0 saturated carbocycles. The van der Waals surface area contributed by atoms with Gasteiger partial charge >= 0.3 is 0 Å². The molecule has 0 radical (unpaired) electrons. The molecule has 1 atom stereocenters. The third kappa shape index (κ3) is 2.26. The summed E-state index contributed by atoms with van der Waals surface area (Å²) in [6, 6.07) is 8.04. The SMILES string of the molecule is Cc1cccc(C(C)(O)N2CCOCC2)c1. The number of ether oxygens (including phenoxy) is 1. The van der Waals surface area contributed by atoms with E-state index in [1.54, 1.807) is 0 Å². The van der Waals surface area contributed by atoms with Crippen LogP contribution in [0.3, 0.4) is 0 Å². The number of hydrogen-bond acceptors (Lipinski definition) is 3. The number of nitrogens with zero attached hydrogens (tertiary/aromatic N) is 1. The van der Waals surface area contributed by atoms with Crippen LogP contribution >= 0.6 is 0 Å². The Balaban J connectivity index is 2.22. The zero-order valence-corrected chi connectivity index (χ0v) is 9.94. The molecule has 0 spiro atoms. The molecule has 0 aliphatic carbocycles. The summed E-state index contributed by atoms with van der Waals surface area (Å²) in [4.78, 5) is 2.06. The van der Waals surface area contributed by atoms with Crippen LogP contribution in [0.15, 0.2) is 24.3 Å². The molecule has 88 valence electrons. The van der Waals surface area contributed by atoms with Crippen LogP contribution in [-0.2, 0) is 10.5 Å². The second-order valence-corrected chi connectivity index (χ2v) is 4.49. The molecule has 1 saturated heterocycles. The Morgan fingerprint density at radius 1 is 1.31 bits per heavy atom. The normalized spacial score (nSPS) is 21.7. The van der Waals surface area contributed by atoms with Gasteiger partial charge < -0.3 is 9.84 Å². The molecular weight excluding hydrogens is 202 g/mol. The molecule has 1 N–H and O–H groups in total. The molecule has 1 aromatic carbocycles. The fourth-order valence-corrected chi connectivity index (χ4v) is 2.12. The van der Waals surface area contributed by atoms with Gasteiger partial charge in [-0.05, 0) is 19.4 Å². The van der Waals surface area contributed by atoms with Gasteiger partial charge in [-0.3, -0.25) is 4.90 Å². The molecule has 0 aromatic heterocycles. The van der Waals surface area contributed by atoms with Crippen molar-refractivity contribution in [2.45, 2.75) is 19.6 Å². The molecule has 1 aliphatic rings. The zero-order chi connectivity index (χ0) is 11.6. The van der Waals surface area contributed by atoms with Gasteiger partial charge in [-0.25, -0.2) is 0 Å². The van der Waals surface area contributed by atoms with E-state index in [1.807, 2.05) is 38.1 Å². The van der Waals surface area contributed by atoms with E-state index >= 15 is 0 Å². The van der Waals surface area contributed by atoms with E-state index in [0.717, 1.165) is 18.7 Å². The van der Waals surface area contributed by atoms with Gasteiger partial charge in [0.05, 0.1) is 13.2 Å². The van der Waals surface area contributed by atoms with Gasteiger partial charge in [0.25, 0.3) is 0 Å². The van der Waals surface area contributed by atoms with E-state index < -0.39 is 5.72 Å². The van der Waals surface area contributed by atoms with E-state index in [9.17, 15) is 5.11 Å². The van der Waals surface area contributed by atoms with Crippen LogP contribution in [-0.4, -0.2) is 36.3 Å². The van der Waals surface area contributed by atoms with Crippen molar-refractivity contribution in [1.82, 2.24) is 4.90 Å². The van der Waals surface area contributed by atoms with Crippen LogP contribution in [0.25, 0.3) is 0 Å². The highest BCUT2D eigenvalue weighted by molar-refractivity contribution is 5.26. The Bertz CT molecular complexity index is 357. The third-order valence-corrected chi connectivity index (χ3v) is 3.19. The fourth-order valence-electron chi connectivity index (χ4n) is 2.12. The minimum absolute atomic E-state index is 0.696. The highest BCUT2D eigenvalue weighted by Crippen LogP contribution is 2.26. The molecule has 1 unspecified atom stereocenters. The van der Waals surface area contributed by atoms with Crippen LogP contribution < -0.4 is 0 Å². The highest BCUT2D eigenvalue weighted by atomic mass is 16.5. The Hall–Kier alpha value is -0.900. The van der Waals surface area contributed by atoms with Crippen LogP contribution in [0.2, 0.25) is 0 Å². The largest absolute Gasteiger partial charge is 0.379 e. The molecule has 3 nitrogen and oxygen atoms in total. The molecule has 0 amide bonds. The molecule has 1 fully saturated rings. The number of aryl methyl sites for hydroxylation is 1. The topological polar surface area (TPSA) is 32.7 Å². The van der Waals surface area contributed by atoms with Crippen LogP contribution in [0, 0.1) is 6.92 Å². The summed E-state index contributed by atoms with van der Waals surface area (Å²) in [6.45, 7) is 6.85. The lowest BCUT2D eigenvalue weighted by Gasteiger charge is -2.39. The second-order valence-electron chi connectivity index (χ2n) is 4.49. The smallest absolute Gasteiger partial charge is 0.141 e. The summed E-state index contributed by atoms with van der Waals surface area (Å²) in [5, 5.41) is 10.6. The second kappa shape index (κ2) is 4.53. The van der Waals surface area contributed by atoms with Crippen LogP contribution in [0.1, 0.15) is 18.1 Å². The van der Waals surface area contributed by atoms with Crippen molar-refractivity contribution >= 4 is 0 Å². The van der Waals surface area contributed by atoms with Gasteiger partial charge in [0.2, 0.25) is 0 Å². The van der Waals surface area contributed by atoms with Crippen molar-refractivity contribution in [2.75, 3.05) is 26.3 Å². The van der Waals surface area contributed by atoms with Crippen LogP contribution in [0.5, 0.6) is 0 Å². The van der Waals surface area contributed by atoms with E-state index in [2.05, 4.69) is 4.90 Å². The van der Waals surface area contributed by atoms with Crippen molar-refractivity contribution < 1.29 is 9.84 Å². The summed E-state index contributed by atoms with van der Waals surface area (Å²) < 4.78 is 5.30. The lowest BCUT2D eigenvalue weighted by atomic mass is 10.0. The van der Waals surface area contributed by atoms with E-state index in [1.165, 1.54) is 5.56 Å². The zero-order valence-electron chi connectivity index (χ0n) is 9.94. The standard InChI is InChI=1S/C13H19NO2/c1-11-4-3-5-12(10-11)13(2,15)14-6-8-16-9-7-14/h3-5,10,15H,6-9H2,1-2H3. The third-order valence-electron chi connectivity index (χ3n) is 3.19. The van der Waals surface area contributed by atoms with E-state index in [4.69, 9.17) is 4.74 Å². The predicted molar refractivity (Wildman–Crippen MR) is 63.1 cm³/mol. The van der Waals surface area contributed by atoms with E-state index in [-0.39, 0.29) is 0 Å².